The summed E-state index contributed by atoms with van der Waals surface area (Å²) in [6.45, 7) is 0.345. The van der Waals surface area contributed by atoms with Gasteiger partial charge in [0.15, 0.2) is 16.7 Å². The van der Waals surface area contributed by atoms with Crippen molar-refractivity contribution in [3.8, 4) is 17.2 Å². The molecule has 1 N–H and O–H groups in total. The number of amidine groups is 1. The maximum Gasteiger partial charge on any atom is 0.242 e. The van der Waals surface area contributed by atoms with Crippen molar-refractivity contribution in [2.45, 2.75) is 18.1 Å². The van der Waals surface area contributed by atoms with Gasteiger partial charge in [0.2, 0.25) is 11.8 Å². The zero-order chi connectivity index (χ0) is 27.1. The number of carbonyl (C=O) groups is 2. The second-order valence-electron chi connectivity index (χ2n) is 8.39. The molecule has 1 aliphatic heterocycles. The Hall–Kier alpha value is -4.05. The molecule has 3 aromatic rings. The van der Waals surface area contributed by atoms with E-state index in [1.807, 2.05) is 18.2 Å². The van der Waals surface area contributed by atoms with Crippen LogP contribution in [0.4, 0.5) is 15.8 Å². The van der Waals surface area contributed by atoms with Crippen LogP contribution in [0, 0.1) is 5.82 Å². The predicted molar refractivity (Wildman–Crippen MR) is 146 cm³/mol. The van der Waals surface area contributed by atoms with Gasteiger partial charge in [0.1, 0.15) is 16.8 Å². The van der Waals surface area contributed by atoms with E-state index >= 15 is 0 Å². The Labute approximate surface area is 224 Å². The summed E-state index contributed by atoms with van der Waals surface area (Å²) in [5, 5.41) is 2.64. The van der Waals surface area contributed by atoms with Gasteiger partial charge >= 0.3 is 0 Å². The largest absolute Gasteiger partial charge is 0.497 e. The van der Waals surface area contributed by atoms with Gasteiger partial charge in [-0.3, -0.25) is 14.5 Å². The van der Waals surface area contributed by atoms with E-state index in [2.05, 4.69) is 10.3 Å². The van der Waals surface area contributed by atoms with E-state index in [9.17, 15) is 14.0 Å². The van der Waals surface area contributed by atoms with Crippen molar-refractivity contribution in [1.29, 1.82) is 0 Å². The van der Waals surface area contributed by atoms with Crippen LogP contribution in [0.25, 0.3) is 0 Å². The Kier molecular flexibility index (Phi) is 8.85. The number of nitrogens with one attached hydrogen (secondary N) is 1. The van der Waals surface area contributed by atoms with Crippen molar-refractivity contribution in [1.82, 2.24) is 4.90 Å². The minimum atomic E-state index is -0.641. The summed E-state index contributed by atoms with van der Waals surface area (Å²) in [6, 6.07) is 18.3. The second kappa shape index (κ2) is 12.5. The lowest BCUT2D eigenvalue weighted by atomic mass is 10.1. The zero-order valence-corrected chi connectivity index (χ0v) is 22.1. The number of carbonyl (C=O) groups excluding carboxylic acids is 2. The Bertz CT molecular complexity index is 1320. The molecule has 0 aromatic heterocycles. The summed E-state index contributed by atoms with van der Waals surface area (Å²) in [4.78, 5) is 32.3. The number of aliphatic imine (C=N–C) groups is 1. The number of amides is 2. The first-order chi connectivity index (χ1) is 18.4. The van der Waals surface area contributed by atoms with Crippen LogP contribution in [0.1, 0.15) is 12.0 Å². The molecule has 0 radical (unpaired) electrons. The van der Waals surface area contributed by atoms with E-state index in [1.165, 1.54) is 23.9 Å². The van der Waals surface area contributed by atoms with Gasteiger partial charge in [-0.1, -0.05) is 17.8 Å². The first-order valence-corrected chi connectivity index (χ1v) is 12.7. The lowest BCUT2D eigenvalue weighted by Gasteiger charge is -2.17. The minimum absolute atomic E-state index is 0.0230. The third-order valence-corrected chi connectivity index (χ3v) is 7.06. The number of rotatable bonds is 10. The topological polar surface area (TPSA) is 89.5 Å². The van der Waals surface area contributed by atoms with Gasteiger partial charge in [0.05, 0.1) is 27.0 Å². The number of anilines is 1. The smallest absolute Gasteiger partial charge is 0.242 e. The van der Waals surface area contributed by atoms with Gasteiger partial charge in [-0.25, -0.2) is 9.38 Å². The molecule has 1 heterocycles. The Morgan fingerprint density at radius 3 is 2.34 bits per heavy atom. The normalized spacial score (nSPS) is 16.0. The maximum atomic E-state index is 13.4. The van der Waals surface area contributed by atoms with Crippen LogP contribution >= 0.6 is 11.8 Å². The maximum absolute atomic E-state index is 13.4. The third-order valence-electron chi connectivity index (χ3n) is 5.89. The molecule has 0 aliphatic carbocycles. The molecular formula is C28H28FN3O5S. The molecule has 1 fully saturated rings. The molecule has 0 unspecified atom stereocenters. The Balaban J connectivity index is 1.50. The number of ether oxygens (including phenoxy) is 3. The van der Waals surface area contributed by atoms with Crippen molar-refractivity contribution in [3.05, 3.63) is 78.1 Å². The molecule has 10 heteroatoms. The summed E-state index contributed by atoms with van der Waals surface area (Å²) in [7, 11) is 4.70. The van der Waals surface area contributed by atoms with E-state index in [0.717, 1.165) is 5.56 Å². The Morgan fingerprint density at radius 1 is 0.974 bits per heavy atom. The second-order valence-corrected chi connectivity index (χ2v) is 9.56. The highest BCUT2D eigenvalue weighted by Crippen LogP contribution is 2.33. The molecule has 198 valence electrons. The van der Waals surface area contributed by atoms with Crippen LogP contribution in [0.5, 0.6) is 17.2 Å². The molecule has 0 saturated carbocycles. The first kappa shape index (κ1) is 27.0. The summed E-state index contributed by atoms with van der Waals surface area (Å²) in [5.41, 5.74) is 2.07. The van der Waals surface area contributed by atoms with E-state index in [1.54, 1.807) is 62.6 Å². The van der Waals surface area contributed by atoms with E-state index in [0.29, 0.717) is 46.8 Å². The van der Waals surface area contributed by atoms with Crippen molar-refractivity contribution >= 4 is 40.1 Å². The number of benzene rings is 3. The zero-order valence-electron chi connectivity index (χ0n) is 21.3. The summed E-state index contributed by atoms with van der Waals surface area (Å²) >= 11 is 1.23. The number of hydrogen-bond donors (Lipinski definition) is 1. The van der Waals surface area contributed by atoms with Crippen molar-refractivity contribution in [2.75, 3.05) is 33.2 Å². The van der Waals surface area contributed by atoms with Crippen molar-refractivity contribution in [3.63, 3.8) is 0 Å². The van der Waals surface area contributed by atoms with Crippen LogP contribution in [0.15, 0.2) is 71.7 Å². The van der Waals surface area contributed by atoms with Crippen LogP contribution in [0.3, 0.4) is 0 Å². The molecule has 0 spiro atoms. The van der Waals surface area contributed by atoms with Gasteiger partial charge < -0.3 is 19.5 Å². The molecular weight excluding hydrogens is 509 g/mol. The van der Waals surface area contributed by atoms with Crippen LogP contribution in [-0.2, 0) is 16.0 Å². The Morgan fingerprint density at radius 2 is 1.68 bits per heavy atom. The predicted octanol–water partition coefficient (Wildman–Crippen LogP) is 5.05. The molecule has 1 saturated heterocycles. The van der Waals surface area contributed by atoms with Crippen molar-refractivity contribution in [2.24, 2.45) is 4.99 Å². The van der Waals surface area contributed by atoms with Gasteiger partial charge in [-0.05, 0) is 72.6 Å². The fraction of sp³-hybridized carbons (Fsp3) is 0.250. The third kappa shape index (κ3) is 6.63. The van der Waals surface area contributed by atoms with Crippen LogP contribution in [0.2, 0.25) is 0 Å². The van der Waals surface area contributed by atoms with Gasteiger partial charge in [-0.15, -0.1) is 0 Å². The quantitative estimate of drug-likeness (QED) is 0.389. The summed E-state index contributed by atoms with van der Waals surface area (Å²) in [6.07, 6.45) is 0.505. The molecule has 8 nitrogen and oxygen atoms in total. The standard InChI is InChI=1S/C28H28FN3O5S/c1-35-22-11-9-20(10-12-22)30-26(33)17-25-27(34)32(28(38-25)31-21-7-5-19(29)6-8-21)15-14-18-4-13-23(36-2)24(16-18)37-3/h4-13,16,25H,14-15,17H2,1-3H3,(H,30,33)/t25-/m1/s1. The number of halogens is 1. The van der Waals surface area contributed by atoms with E-state index < -0.39 is 5.25 Å². The van der Waals surface area contributed by atoms with E-state index in [-0.39, 0.29) is 24.1 Å². The van der Waals surface area contributed by atoms with E-state index in [4.69, 9.17) is 14.2 Å². The lowest BCUT2D eigenvalue weighted by molar-refractivity contribution is -0.128. The molecule has 38 heavy (non-hydrogen) atoms. The molecule has 0 bridgehead atoms. The first-order valence-electron chi connectivity index (χ1n) is 11.9. The molecule has 1 aliphatic rings. The minimum Gasteiger partial charge on any atom is -0.497 e. The van der Waals surface area contributed by atoms with Gasteiger partial charge in [0, 0.05) is 18.7 Å². The monoisotopic (exact) mass is 537 g/mol. The SMILES string of the molecule is COc1ccc(NC(=O)C[C@H]2SC(=Nc3ccc(F)cc3)N(CCc3ccc(OC)c(OC)c3)C2=O)cc1. The highest BCUT2D eigenvalue weighted by Gasteiger charge is 2.39. The number of methoxy groups -OCH3 is 3. The van der Waals surface area contributed by atoms with Crippen molar-refractivity contribution < 1.29 is 28.2 Å². The van der Waals surface area contributed by atoms with Crippen LogP contribution in [-0.4, -0.2) is 55.0 Å². The lowest BCUT2D eigenvalue weighted by Crippen LogP contribution is -2.35. The average Bonchev–Trinajstić information content (AvgIpc) is 3.21. The van der Waals surface area contributed by atoms with Gasteiger partial charge in [0.25, 0.3) is 0 Å². The molecule has 2 amide bonds. The number of nitrogens with zero attached hydrogens (tertiary/aromatic N) is 2. The number of hydrogen-bond acceptors (Lipinski definition) is 7. The summed E-state index contributed by atoms with van der Waals surface area (Å²) < 4.78 is 29.2. The fourth-order valence-electron chi connectivity index (χ4n) is 3.89. The number of thioether (sulfide) groups is 1. The highest BCUT2D eigenvalue weighted by molar-refractivity contribution is 8.15. The molecule has 3 aromatic carbocycles. The molecule has 4 rings (SSSR count). The van der Waals surface area contributed by atoms with Crippen LogP contribution < -0.4 is 19.5 Å². The summed E-state index contributed by atoms with van der Waals surface area (Å²) in [5.74, 6) is 1.02. The highest BCUT2D eigenvalue weighted by atomic mass is 32.2. The fourth-order valence-corrected chi connectivity index (χ4v) is 5.07. The average molecular weight is 538 g/mol. The van der Waals surface area contributed by atoms with Gasteiger partial charge in [-0.2, -0.15) is 0 Å². The molecule has 1 atom stereocenters.